The van der Waals surface area contributed by atoms with Gasteiger partial charge in [0.25, 0.3) is 0 Å². The van der Waals surface area contributed by atoms with E-state index < -0.39 is 0 Å². The smallest absolute Gasteiger partial charge is 0.178 e. The van der Waals surface area contributed by atoms with Gasteiger partial charge in [-0.1, -0.05) is 26.3 Å². The summed E-state index contributed by atoms with van der Waals surface area (Å²) in [5.74, 6) is 0.859. The van der Waals surface area contributed by atoms with Crippen molar-refractivity contribution >= 4 is 23.3 Å². The zero-order chi connectivity index (χ0) is 13.6. The quantitative estimate of drug-likeness (QED) is 0.821. The third-order valence-electron chi connectivity index (χ3n) is 4.45. The van der Waals surface area contributed by atoms with E-state index in [0.717, 1.165) is 21.6 Å². The second-order valence-corrected chi connectivity index (χ2v) is 6.44. The molecule has 1 aliphatic carbocycles. The van der Waals surface area contributed by atoms with Crippen molar-refractivity contribution in [3.63, 3.8) is 0 Å². The molecule has 2 aromatic rings. The second kappa shape index (κ2) is 4.37. The van der Waals surface area contributed by atoms with E-state index in [2.05, 4.69) is 29.5 Å². The van der Waals surface area contributed by atoms with Crippen LogP contribution in [0.1, 0.15) is 39.2 Å². The van der Waals surface area contributed by atoms with Crippen molar-refractivity contribution in [2.24, 2.45) is 5.41 Å². The summed E-state index contributed by atoms with van der Waals surface area (Å²) in [5, 5.41) is 0. The fraction of sp³-hybridized carbons (Fsp3) is 0.533. The van der Waals surface area contributed by atoms with E-state index in [-0.39, 0.29) is 0 Å². The molecule has 0 bridgehead atoms. The molecule has 1 heterocycles. The Morgan fingerprint density at radius 2 is 2.21 bits per heavy atom. The predicted octanol–water partition coefficient (Wildman–Crippen LogP) is 4.46. The number of imidazole rings is 1. The summed E-state index contributed by atoms with van der Waals surface area (Å²) < 4.78 is 8.52. The first-order chi connectivity index (χ1) is 9.04. The lowest BCUT2D eigenvalue weighted by Gasteiger charge is -2.28. The van der Waals surface area contributed by atoms with Crippen LogP contribution in [0.2, 0.25) is 0 Å². The fourth-order valence-electron chi connectivity index (χ4n) is 3.39. The molecule has 3 rings (SSSR count). The third-order valence-corrected chi connectivity index (χ3v) is 4.75. The number of aromatic nitrogens is 2. The normalized spacial score (nSPS) is 21.9. The van der Waals surface area contributed by atoms with E-state index in [1.54, 1.807) is 7.11 Å². The van der Waals surface area contributed by atoms with Gasteiger partial charge in [0.2, 0.25) is 0 Å². The van der Waals surface area contributed by atoms with Crippen LogP contribution in [-0.4, -0.2) is 16.7 Å². The van der Waals surface area contributed by atoms with Gasteiger partial charge in [-0.05, 0) is 42.6 Å². The minimum absolute atomic E-state index is 0.302. The number of fused-ring (bicyclic) bond motifs is 1. The Labute approximate surface area is 118 Å². The Balaban J connectivity index is 2.25. The summed E-state index contributed by atoms with van der Waals surface area (Å²) in [4.78, 5) is 3.31. The van der Waals surface area contributed by atoms with Gasteiger partial charge in [0, 0.05) is 6.04 Å². The monoisotopic (exact) mass is 276 g/mol. The maximum atomic E-state index is 5.55. The van der Waals surface area contributed by atoms with Crippen molar-refractivity contribution in [3.8, 4) is 5.75 Å². The van der Waals surface area contributed by atoms with Crippen molar-refractivity contribution in [1.29, 1.82) is 0 Å². The molecule has 0 radical (unpaired) electrons. The van der Waals surface area contributed by atoms with Gasteiger partial charge in [-0.2, -0.15) is 0 Å². The maximum absolute atomic E-state index is 5.55. The standard InChI is InChI=1S/C15H20N2OS/c1-15(2)9-5-8-12(15)17-10-6-4-7-11(18-3)13(10)16-14(17)19/h4,6-7,12H,5,8-9H2,1-3H3,(H,16,19). The van der Waals surface area contributed by atoms with Crippen molar-refractivity contribution in [2.75, 3.05) is 7.11 Å². The zero-order valence-corrected chi connectivity index (χ0v) is 12.5. The van der Waals surface area contributed by atoms with Crippen LogP contribution in [0, 0.1) is 10.2 Å². The van der Waals surface area contributed by atoms with E-state index in [1.165, 1.54) is 19.3 Å². The van der Waals surface area contributed by atoms with Crippen LogP contribution in [0.4, 0.5) is 0 Å². The van der Waals surface area contributed by atoms with Crippen LogP contribution >= 0.6 is 12.2 Å². The lowest BCUT2D eigenvalue weighted by molar-refractivity contribution is 0.264. The SMILES string of the molecule is COc1cccc2c1[nH]c(=S)n2C1CCCC1(C)C. The number of hydrogen-bond acceptors (Lipinski definition) is 2. The molecule has 3 nitrogen and oxygen atoms in total. The molecule has 1 aromatic heterocycles. The Morgan fingerprint density at radius 3 is 2.84 bits per heavy atom. The summed E-state index contributed by atoms with van der Waals surface area (Å²) in [6.07, 6.45) is 3.73. The first kappa shape index (κ1) is 12.7. The lowest BCUT2D eigenvalue weighted by Crippen LogP contribution is -2.21. The molecule has 1 aliphatic rings. The number of para-hydroxylation sites is 1. The molecule has 1 atom stereocenters. The van der Waals surface area contributed by atoms with Gasteiger partial charge in [0.05, 0.1) is 12.6 Å². The van der Waals surface area contributed by atoms with Crippen LogP contribution in [0.25, 0.3) is 11.0 Å². The van der Waals surface area contributed by atoms with Crippen LogP contribution in [-0.2, 0) is 0 Å². The average molecular weight is 276 g/mol. The van der Waals surface area contributed by atoms with Crippen molar-refractivity contribution in [3.05, 3.63) is 23.0 Å². The molecular weight excluding hydrogens is 256 g/mol. The number of rotatable bonds is 2. The van der Waals surface area contributed by atoms with E-state index >= 15 is 0 Å². The second-order valence-electron chi connectivity index (χ2n) is 6.05. The number of benzene rings is 1. The Hall–Kier alpha value is -1.29. The van der Waals surface area contributed by atoms with Crippen molar-refractivity contribution < 1.29 is 4.74 Å². The van der Waals surface area contributed by atoms with Crippen LogP contribution in [0.5, 0.6) is 5.75 Å². The molecule has 1 N–H and O–H groups in total. The van der Waals surface area contributed by atoms with E-state index in [0.29, 0.717) is 11.5 Å². The first-order valence-corrected chi connectivity index (χ1v) is 7.22. The zero-order valence-electron chi connectivity index (χ0n) is 11.7. The highest BCUT2D eigenvalue weighted by Crippen LogP contribution is 2.47. The number of methoxy groups -OCH3 is 1. The number of nitrogens with zero attached hydrogens (tertiary/aromatic N) is 1. The van der Waals surface area contributed by atoms with Gasteiger partial charge in [-0.25, -0.2) is 0 Å². The van der Waals surface area contributed by atoms with Crippen LogP contribution in [0.3, 0.4) is 0 Å². The number of H-pyrrole nitrogens is 1. The first-order valence-electron chi connectivity index (χ1n) is 6.82. The molecule has 0 aliphatic heterocycles. The van der Waals surface area contributed by atoms with Gasteiger partial charge in [0.1, 0.15) is 11.3 Å². The minimum Gasteiger partial charge on any atom is -0.494 e. The fourth-order valence-corrected chi connectivity index (χ4v) is 3.72. The largest absolute Gasteiger partial charge is 0.494 e. The number of hydrogen-bond donors (Lipinski definition) is 1. The maximum Gasteiger partial charge on any atom is 0.178 e. The Morgan fingerprint density at radius 1 is 1.42 bits per heavy atom. The summed E-state index contributed by atoms with van der Waals surface area (Å²) in [5.41, 5.74) is 2.47. The molecule has 0 spiro atoms. The van der Waals surface area contributed by atoms with Crippen molar-refractivity contribution in [1.82, 2.24) is 9.55 Å². The van der Waals surface area contributed by atoms with Crippen molar-refractivity contribution in [2.45, 2.75) is 39.2 Å². The average Bonchev–Trinajstić information content (AvgIpc) is 2.87. The molecule has 1 saturated carbocycles. The summed E-state index contributed by atoms with van der Waals surface area (Å²) in [6.45, 7) is 4.68. The molecule has 102 valence electrons. The van der Waals surface area contributed by atoms with E-state index in [9.17, 15) is 0 Å². The van der Waals surface area contributed by atoms with E-state index in [4.69, 9.17) is 17.0 Å². The number of nitrogens with one attached hydrogen (secondary N) is 1. The lowest BCUT2D eigenvalue weighted by atomic mass is 9.87. The third kappa shape index (κ3) is 1.89. The molecule has 1 aromatic carbocycles. The summed E-state index contributed by atoms with van der Waals surface area (Å²) in [6, 6.07) is 6.60. The van der Waals surface area contributed by atoms with Gasteiger partial charge >= 0.3 is 0 Å². The molecule has 0 saturated heterocycles. The highest BCUT2D eigenvalue weighted by Gasteiger charge is 2.36. The molecule has 1 fully saturated rings. The molecule has 4 heteroatoms. The number of aromatic amines is 1. The summed E-state index contributed by atoms with van der Waals surface area (Å²) >= 11 is 5.55. The molecule has 0 amide bonds. The van der Waals surface area contributed by atoms with Gasteiger partial charge < -0.3 is 14.3 Å². The van der Waals surface area contributed by atoms with Gasteiger partial charge in [-0.3, -0.25) is 0 Å². The highest BCUT2D eigenvalue weighted by molar-refractivity contribution is 7.71. The Bertz CT molecular complexity index is 668. The van der Waals surface area contributed by atoms with Crippen LogP contribution < -0.4 is 4.74 Å². The van der Waals surface area contributed by atoms with Gasteiger partial charge in [0.15, 0.2) is 4.77 Å². The summed E-state index contributed by atoms with van der Waals surface area (Å²) in [7, 11) is 1.70. The Kier molecular flexibility index (Phi) is 2.93. The van der Waals surface area contributed by atoms with Crippen LogP contribution in [0.15, 0.2) is 18.2 Å². The minimum atomic E-state index is 0.302. The van der Waals surface area contributed by atoms with Gasteiger partial charge in [-0.15, -0.1) is 0 Å². The number of ether oxygens (including phenoxy) is 1. The molecular formula is C15H20N2OS. The van der Waals surface area contributed by atoms with E-state index in [1.807, 2.05) is 12.1 Å². The molecule has 19 heavy (non-hydrogen) atoms. The highest BCUT2D eigenvalue weighted by atomic mass is 32.1. The predicted molar refractivity (Wildman–Crippen MR) is 80.3 cm³/mol. The molecule has 1 unspecified atom stereocenters. The topological polar surface area (TPSA) is 29.9 Å².